The number of hydrogen-bond donors (Lipinski definition) is 2. The van der Waals surface area contributed by atoms with E-state index in [9.17, 15) is 0 Å². The molecule has 1 aliphatic heterocycles. The zero-order chi connectivity index (χ0) is 16.5. The monoisotopic (exact) mass is 344 g/mol. The second-order valence-corrected chi connectivity index (χ2v) is 6.15. The number of fused-ring (bicyclic) bond motifs is 1. The second kappa shape index (κ2) is 6.16. The number of rotatable bonds is 4. The van der Waals surface area contributed by atoms with Gasteiger partial charge in [-0.05, 0) is 24.6 Å². The van der Waals surface area contributed by atoms with Gasteiger partial charge in [0.2, 0.25) is 0 Å². The van der Waals surface area contributed by atoms with E-state index in [0.717, 1.165) is 42.3 Å². The van der Waals surface area contributed by atoms with Crippen LogP contribution in [0.2, 0.25) is 5.02 Å². The molecule has 3 aromatic rings. The van der Waals surface area contributed by atoms with Gasteiger partial charge in [-0.1, -0.05) is 11.6 Å². The van der Waals surface area contributed by atoms with Crippen LogP contribution < -0.4 is 15.0 Å². The Morgan fingerprint density at radius 3 is 3.12 bits per heavy atom. The molecule has 8 heteroatoms. The fraction of sp³-hybridized carbons (Fsp3) is 0.312. The molecule has 1 aromatic carbocycles. The minimum absolute atomic E-state index is 0.273. The van der Waals surface area contributed by atoms with Crippen LogP contribution in [-0.4, -0.2) is 46.2 Å². The van der Waals surface area contributed by atoms with Crippen molar-refractivity contribution < 1.29 is 4.74 Å². The number of ether oxygens (including phenoxy) is 1. The zero-order valence-corrected chi connectivity index (χ0v) is 13.9. The van der Waals surface area contributed by atoms with E-state index in [1.807, 2.05) is 18.2 Å². The third kappa shape index (κ3) is 2.71. The number of benzene rings is 1. The maximum atomic E-state index is 6.15. The minimum Gasteiger partial charge on any atom is -0.495 e. The first-order valence-corrected chi connectivity index (χ1v) is 8.11. The van der Waals surface area contributed by atoms with Crippen molar-refractivity contribution >= 4 is 34.3 Å². The van der Waals surface area contributed by atoms with E-state index in [-0.39, 0.29) is 6.04 Å². The zero-order valence-electron chi connectivity index (χ0n) is 13.2. The molecule has 1 atom stereocenters. The average Bonchev–Trinajstić information content (AvgIpc) is 3.24. The molecule has 0 spiro atoms. The molecular formula is C16H17ClN6O. The minimum atomic E-state index is 0.273. The van der Waals surface area contributed by atoms with Gasteiger partial charge in [-0.3, -0.25) is 0 Å². The molecule has 4 rings (SSSR count). The highest BCUT2D eigenvalue weighted by Crippen LogP contribution is 2.34. The summed E-state index contributed by atoms with van der Waals surface area (Å²) in [6, 6.07) is 5.96. The van der Waals surface area contributed by atoms with E-state index in [0.29, 0.717) is 10.7 Å². The number of nitrogens with one attached hydrogen (secondary N) is 2. The Balaban J connectivity index is 1.53. The summed E-state index contributed by atoms with van der Waals surface area (Å²) in [6.07, 6.45) is 4.15. The van der Waals surface area contributed by atoms with Crippen molar-refractivity contribution in [3.63, 3.8) is 0 Å². The smallest absolute Gasteiger partial charge is 0.182 e. The van der Waals surface area contributed by atoms with Crippen LogP contribution >= 0.6 is 11.6 Å². The predicted molar refractivity (Wildman–Crippen MR) is 93.9 cm³/mol. The van der Waals surface area contributed by atoms with Gasteiger partial charge in [-0.25, -0.2) is 15.0 Å². The van der Waals surface area contributed by atoms with Crippen LogP contribution in [0.5, 0.6) is 5.75 Å². The van der Waals surface area contributed by atoms with Crippen LogP contribution in [0.1, 0.15) is 6.42 Å². The lowest BCUT2D eigenvalue weighted by Crippen LogP contribution is -2.26. The van der Waals surface area contributed by atoms with E-state index in [4.69, 9.17) is 16.3 Å². The van der Waals surface area contributed by atoms with Crippen molar-refractivity contribution in [3.05, 3.63) is 35.9 Å². The van der Waals surface area contributed by atoms with Crippen LogP contribution in [-0.2, 0) is 0 Å². The van der Waals surface area contributed by atoms with Gasteiger partial charge in [-0.2, -0.15) is 0 Å². The number of anilines is 2. The molecule has 7 nitrogen and oxygen atoms in total. The van der Waals surface area contributed by atoms with Crippen molar-refractivity contribution in [3.8, 4) is 5.75 Å². The number of aromatic nitrogens is 4. The molecule has 0 aliphatic carbocycles. The summed E-state index contributed by atoms with van der Waals surface area (Å²) in [5.41, 5.74) is 2.51. The second-order valence-electron chi connectivity index (χ2n) is 5.72. The maximum absolute atomic E-state index is 6.15. The SMILES string of the molecule is COc1ccc(Cl)cc1N1CCC(Nc2ncnc3nc[nH]c23)C1. The quantitative estimate of drug-likeness (QED) is 0.757. The highest BCUT2D eigenvalue weighted by molar-refractivity contribution is 6.30. The van der Waals surface area contributed by atoms with Crippen LogP contribution in [0.3, 0.4) is 0 Å². The predicted octanol–water partition coefficient (Wildman–Crippen LogP) is 2.71. The molecule has 24 heavy (non-hydrogen) atoms. The summed E-state index contributed by atoms with van der Waals surface area (Å²) in [5.74, 6) is 1.61. The van der Waals surface area contributed by atoms with Crippen LogP contribution in [0.25, 0.3) is 11.2 Å². The lowest BCUT2D eigenvalue weighted by Gasteiger charge is -2.22. The number of imidazole rings is 1. The molecule has 0 saturated carbocycles. The van der Waals surface area contributed by atoms with Crippen molar-refractivity contribution in [2.75, 3.05) is 30.4 Å². The van der Waals surface area contributed by atoms with Crippen LogP contribution in [0, 0.1) is 0 Å². The molecule has 1 unspecified atom stereocenters. The Kier molecular flexibility index (Phi) is 3.86. The number of hydrogen-bond acceptors (Lipinski definition) is 6. The van der Waals surface area contributed by atoms with Crippen molar-refractivity contribution in [1.82, 2.24) is 19.9 Å². The summed E-state index contributed by atoms with van der Waals surface area (Å²) in [7, 11) is 1.68. The highest BCUT2D eigenvalue weighted by atomic mass is 35.5. The molecule has 2 aromatic heterocycles. The Hall–Kier alpha value is -2.54. The topological polar surface area (TPSA) is 79.0 Å². The van der Waals surface area contributed by atoms with Crippen molar-refractivity contribution in [2.24, 2.45) is 0 Å². The summed E-state index contributed by atoms with van der Waals surface area (Å²) >= 11 is 6.15. The Morgan fingerprint density at radius 1 is 1.33 bits per heavy atom. The normalized spacial score (nSPS) is 17.4. The van der Waals surface area contributed by atoms with E-state index in [1.165, 1.54) is 6.33 Å². The van der Waals surface area contributed by atoms with Gasteiger partial charge in [0.25, 0.3) is 0 Å². The Bertz CT molecular complexity index is 867. The molecule has 3 heterocycles. The number of nitrogens with zero attached hydrogens (tertiary/aromatic N) is 4. The van der Waals surface area contributed by atoms with Crippen LogP contribution in [0.4, 0.5) is 11.5 Å². The third-order valence-corrected chi connectivity index (χ3v) is 4.47. The standard InChI is InChI=1S/C16H17ClN6O/c1-24-13-3-2-10(17)6-12(13)23-5-4-11(7-23)22-16-14-15(19-8-18-14)20-9-21-16/h2-3,6,8-9,11H,4-5,7H2,1H3,(H2,18,19,20,21,22). The van der Waals surface area contributed by atoms with Gasteiger partial charge >= 0.3 is 0 Å². The first-order chi connectivity index (χ1) is 11.7. The summed E-state index contributed by atoms with van der Waals surface area (Å²) < 4.78 is 5.46. The first kappa shape index (κ1) is 15.0. The molecule has 0 radical (unpaired) electrons. The van der Waals surface area contributed by atoms with Gasteiger partial charge in [0, 0.05) is 24.2 Å². The fourth-order valence-corrected chi connectivity index (χ4v) is 3.24. The molecule has 2 N–H and O–H groups in total. The van der Waals surface area contributed by atoms with E-state index >= 15 is 0 Å². The lowest BCUT2D eigenvalue weighted by molar-refractivity contribution is 0.415. The summed E-state index contributed by atoms with van der Waals surface area (Å²) in [6.45, 7) is 1.77. The molecule has 1 fully saturated rings. The van der Waals surface area contributed by atoms with Crippen molar-refractivity contribution in [1.29, 1.82) is 0 Å². The molecule has 0 bridgehead atoms. The van der Waals surface area contributed by atoms with Gasteiger partial charge in [0.1, 0.15) is 17.6 Å². The lowest BCUT2D eigenvalue weighted by atomic mass is 10.2. The van der Waals surface area contributed by atoms with Crippen LogP contribution in [0.15, 0.2) is 30.9 Å². The molecule has 1 saturated heterocycles. The highest BCUT2D eigenvalue weighted by Gasteiger charge is 2.25. The third-order valence-electron chi connectivity index (χ3n) is 4.23. The number of aromatic amines is 1. The Morgan fingerprint density at radius 2 is 2.25 bits per heavy atom. The summed E-state index contributed by atoms with van der Waals surface area (Å²) in [5, 5.41) is 4.19. The van der Waals surface area contributed by atoms with Gasteiger partial charge in [0.05, 0.1) is 19.1 Å². The molecular weight excluding hydrogens is 328 g/mol. The largest absolute Gasteiger partial charge is 0.495 e. The van der Waals surface area contributed by atoms with Gasteiger partial charge in [0.15, 0.2) is 11.5 Å². The van der Waals surface area contributed by atoms with E-state index < -0.39 is 0 Å². The first-order valence-electron chi connectivity index (χ1n) is 7.73. The summed E-state index contributed by atoms with van der Waals surface area (Å²) in [4.78, 5) is 18.0. The van der Waals surface area contributed by atoms with Crippen molar-refractivity contribution in [2.45, 2.75) is 12.5 Å². The Labute approximate surface area is 144 Å². The molecule has 0 amide bonds. The average molecular weight is 345 g/mol. The van der Waals surface area contributed by atoms with E-state index in [1.54, 1.807) is 13.4 Å². The van der Waals surface area contributed by atoms with Gasteiger partial charge in [-0.15, -0.1) is 0 Å². The number of H-pyrrole nitrogens is 1. The van der Waals surface area contributed by atoms with Gasteiger partial charge < -0.3 is 19.9 Å². The molecule has 124 valence electrons. The molecule has 1 aliphatic rings. The fourth-order valence-electron chi connectivity index (χ4n) is 3.07. The number of methoxy groups -OCH3 is 1. The van der Waals surface area contributed by atoms with E-state index in [2.05, 4.69) is 30.2 Å². The maximum Gasteiger partial charge on any atom is 0.182 e. The number of halogens is 1.